The van der Waals surface area contributed by atoms with Crippen LogP contribution in [0.3, 0.4) is 0 Å². The first-order valence-electron chi connectivity index (χ1n) is 5.46. The number of hydrogen-bond donors (Lipinski definition) is 1. The van der Waals surface area contributed by atoms with Gasteiger partial charge in [0.2, 0.25) is 0 Å². The van der Waals surface area contributed by atoms with Gasteiger partial charge in [0.1, 0.15) is 5.75 Å². The van der Waals surface area contributed by atoms with Crippen molar-refractivity contribution in [2.75, 3.05) is 7.11 Å². The Kier molecular flexibility index (Phi) is 4.35. The summed E-state index contributed by atoms with van der Waals surface area (Å²) < 4.78 is 5.11. The van der Waals surface area contributed by atoms with E-state index in [0.717, 1.165) is 12.0 Å². The fraction of sp³-hybridized carbons (Fsp3) is 0.462. The fourth-order valence-electron chi connectivity index (χ4n) is 1.79. The minimum atomic E-state index is -0.775. The zero-order chi connectivity index (χ0) is 12.1. The number of methoxy groups -OCH3 is 1. The molecule has 3 nitrogen and oxygen atoms in total. The van der Waals surface area contributed by atoms with Gasteiger partial charge in [0, 0.05) is 0 Å². The van der Waals surface area contributed by atoms with E-state index in [2.05, 4.69) is 0 Å². The summed E-state index contributed by atoms with van der Waals surface area (Å²) in [6.07, 6.45) is 0.841. The summed E-state index contributed by atoms with van der Waals surface area (Å²) in [4.78, 5) is 11.3. The standard InChI is InChI=1S/C13H18O3/c1-4-9(2)12(13(14)15)10-6-5-7-11(8-10)16-3/h5-9,12H,4H2,1-3H3,(H,14,15)/t9-,12+/m1/s1. The minimum Gasteiger partial charge on any atom is -0.497 e. The Morgan fingerprint density at radius 2 is 2.19 bits per heavy atom. The summed E-state index contributed by atoms with van der Waals surface area (Å²) in [6.45, 7) is 3.96. The third-order valence-electron chi connectivity index (χ3n) is 2.93. The minimum absolute atomic E-state index is 0.115. The molecule has 0 aliphatic rings. The molecular formula is C13H18O3. The summed E-state index contributed by atoms with van der Waals surface area (Å²) in [7, 11) is 1.58. The summed E-state index contributed by atoms with van der Waals surface area (Å²) in [5.41, 5.74) is 0.807. The van der Waals surface area contributed by atoms with Crippen molar-refractivity contribution in [1.29, 1.82) is 0 Å². The Morgan fingerprint density at radius 1 is 1.50 bits per heavy atom. The number of carboxylic acid groups (broad SMARTS) is 1. The predicted molar refractivity (Wildman–Crippen MR) is 62.8 cm³/mol. The van der Waals surface area contributed by atoms with Crippen LogP contribution in [-0.2, 0) is 4.79 Å². The van der Waals surface area contributed by atoms with E-state index in [1.54, 1.807) is 13.2 Å². The van der Waals surface area contributed by atoms with Crippen LogP contribution in [0.25, 0.3) is 0 Å². The zero-order valence-corrected chi connectivity index (χ0v) is 9.93. The average molecular weight is 222 g/mol. The number of rotatable bonds is 5. The van der Waals surface area contributed by atoms with Crippen molar-refractivity contribution in [3.05, 3.63) is 29.8 Å². The van der Waals surface area contributed by atoms with Crippen molar-refractivity contribution in [1.82, 2.24) is 0 Å². The molecule has 88 valence electrons. The fourth-order valence-corrected chi connectivity index (χ4v) is 1.79. The maximum Gasteiger partial charge on any atom is 0.311 e. The molecule has 1 aromatic rings. The molecule has 1 aromatic carbocycles. The largest absolute Gasteiger partial charge is 0.497 e. The molecule has 0 aromatic heterocycles. The van der Waals surface area contributed by atoms with Crippen LogP contribution >= 0.6 is 0 Å². The van der Waals surface area contributed by atoms with E-state index in [0.29, 0.717) is 5.75 Å². The number of hydrogen-bond acceptors (Lipinski definition) is 2. The van der Waals surface area contributed by atoms with Gasteiger partial charge in [-0.1, -0.05) is 32.4 Å². The number of carbonyl (C=O) groups is 1. The molecule has 0 fully saturated rings. The molecule has 0 radical (unpaired) electrons. The predicted octanol–water partition coefficient (Wildman–Crippen LogP) is 2.91. The Hall–Kier alpha value is -1.51. The van der Waals surface area contributed by atoms with Crippen molar-refractivity contribution in [3.63, 3.8) is 0 Å². The first-order valence-corrected chi connectivity index (χ1v) is 5.46. The number of aliphatic carboxylic acids is 1. The van der Waals surface area contributed by atoms with Crippen LogP contribution in [0.2, 0.25) is 0 Å². The highest BCUT2D eigenvalue weighted by atomic mass is 16.5. The number of ether oxygens (including phenoxy) is 1. The van der Waals surface area contributed by atoms with E-state index in [-0.39, 0.29) is 5.92 Å². The highest BCUT2D eigenvalue weighted by molar-refractivity contribution is 5.76. The lowest BCUT2D eigenvalue weighted by Gasteiger charge is -2.19. The van der Waals surface area contributed by atoms with E-state index >= 15 is 0 Å². The van der Waals surface area contributed by atoms with Crippen molar-refractivity contribution in [3.8, 4) is 5.75 Å². The van der Waals surface area contributed by atoms with Gasteiger partial charge in [-0.15, -0.1) is 0 Å². The lowest BCUT2D eigenvalue weighted by atomic mass is 9.85. The van der Waals surface area contributed by atoms with Crippen molar-refractivity contribution >= 4 is 5.97 Å². The van der Waals surface area contributed by atoms with Crippen LogP contribution in [0.5, 0.6) is 5.75 Å². The van der Waals surface area contributed by atoms with E-state index < -0.39 is 11.9 Å². The first kappa shape index (κ1) is 12.6. The molecule has 0 saturated heterocycles. The summed E-state index contributed by atoms with van der Waals surface area (Å²) in [6, 6.07) is 7.28. The molecular weight excluding hydrogens is 204 g/mol. The average Bonchev–Trinajstić information content (AvgIpc) is 2.29. The molecule has 1 N–H and O–H groups in total. The van der Waals surface area contributed by atoms with Crippen LogP contribution in [0.4, 0.5) is 0 Å². The van der Waals surface area contributed by atoms with Crippen LogP contribution in [0, 0.1) is 5.92 Å². The van der Waals surface area contributed by atoms with Gasteiger partial charge < -0.3 is 9.84 Å². The summed E-state index contributed by atoms with van der Waals surface area (Å²) in [5.74, 6) is -0.417. The second-order valence-electron chi connectivity index (χ2n) is 3.98. The lowest BCUT2D eigenvalue weighted by molar-refractivity contribution is -0.140. The van der Waals surface area contributed by atoms with Gasteiger partial charge in [0.25, 0.3) is 0 Å². The van der Waals surface area contributed by atoms with Crippen LogP contribution in [0.15, 0.2) is 24.3 Å². The molecule has 0 heterocycles. The van der Waals surface area contributed by atoms with Gasteiger partial charge in [0.05, 0.1) is 13.0 Å². The molecule has 1 rings (SSSR count). The van der Waals surface area contributed by atoms with Crippen molar-refractivity contribution in [2.24, 2.45) is 5.92 Å². The van der Waals surface area contributed by atoms with Crippen LogP contribution in [0.1, 0.15) is 31.7 Å². The van der Waals surface area contributed by atoms with Crippen LogP contribution < -0.4 is 4.74 Å². The molecule has 2 atom stereocenters. The highest BCUT2D eigenvalue weighted by Crippen LogP contribution is 2.29. The van der Waals surface area contributed by atoms with E-state index in [4.69, 9.17) is 4.74 Å². The molecule has 0 amide bonds. The third kappa shape index (κ3) is 2.75. The van der Waals surface area contributed by atoms with Gasteiger partial charge >= 0.3 is 5.97 Å². The number of carboxylic acids is 1. The monoisotopic (exact) mass is 222 g/mol. The maximum absolute atomic E-state index is 11.3. The third-order valence-corrected chi connectivity index (χ3v) is 2.93. The summed E-state index contributed by atoms with van der Waals surface area (Å²) >= 11 is 0. The molecule has 0 aliphatic carbocycles. The van der Waals surface area contributed by atoms with E-state index in [9.17, 15) is 9.90 Å². The smallest absolute Gasteiger partial charge is 0.311 e. The first-order chi connectivity index (χ1) is 7.60. The van der Waals surface area contributed by atoms with Gasteiger partial charge in [-0.2, -0.15) is 0 Å². The van der Waals surface area contributed by atoms with Crippen molar-refractivity contribution < 1.29 is 14.6 Å². The molecule has 0 unspecified atom stereocenters. The lowest BCUT2D eigenvalue weighted by Crippen LogP contribution is -2.19. The Balaban J connectivity index is 3.05. The van der Waals surface area contributed by atoms with Crippen molar-refractivity contribution in [2.45, 2.75) is 26.2 Å². The SMILES string of the molecule is CC[C@@H](C)[C@H](C(=O)O)c1cccc(OC)c1. The summed E-state index contributed by atoms with van der Waals surface area (Å²) in [5, 5.41) is 9.25. The molecule has 3 heteroatoms. The van der Waals surface area contributed by atoms with Gasteiger partial charge in [-0.05, 0) is 23.6 Å². The second-order valence-corrected chi connectivity index (χ2v) is 3.98. The quantitative estimate of drug-likeness (QED) is 0.833. The van der Waals surface area contributed by atoms with Gasteiger partial charge in [0.15, 0.2) is 0 Å². The van der Waals surface area contributed by atoms with Gasteiger partial charge in [-0.3, -0.25) is 4.79 Å². The topological polar surface area (TPSA) is 46.5 Å². The highest BCUT2D eigenvalue weighted by Gasteiger charge is 2.25. The Morgan fingerprint density at radius 3 is 2.69 bits per heavy atom. The molecule has 0 bridgehead atoms. The van der Waals surface area contributed by atoms with E-state index in [1.165, 1.54) is 0 Å². The zero-order valence-electron chi connectivity index (χ0n) is 9.93. The molecule has 0 aliphatic heterocycles. The Labute approximate surface area is 96.1 Å². The molecule has 0 saturated carbocycles. The Bertz CT molecular complexity index is 360. The number of benzene rings is 1. The van der Waals surface area contributed by atoms with Gasteiger partial charge in [-0.25, -0.2) is 0 Å². The normalized spacial score (nSPS) is 14.2. The van der Waals surface area contributed by atoms with E-state index in [1.807, 2.05) is 32.0 Å². The maximum atomic E-state index is 11.3. The molecule has 0 spiro atoms. The second kappa shape index (κ2) is 5.54. The van der Waals surface area contributed by atoms with Crippen LogP contribution in [-0.4, -0.2) is 18.2 Å². The molecule has 16 heavy (non-hydrogen) atoms.